The molecule has 2 amide bonds. The van der Waals surface area contributed by atoms with Gasteiger partial charge in [0.25, 0.3) is 5.91 Å². The van der Waals surface area contributed by atoms with Crippen LogP contribution in [0.3, 0.4) is 0 Å². The highest BCUT2D eigenvalue weighted by atomic mass is 35.5. The monoisotopic (exact) mass is 500 g/mol. The van der Waals surface area contributed by atoms with Gasteiger partial charge < -0.3 is 19.3 Å². The number of methoxy groups -OCH3 is 2. The number of carbonyl (C=O) groups excluding carboxylic acids is 2. The van der Waals surface area contributed by atoms with Crippen molar-refractivity contribution in [3.8, 4) is 11.5 Å². The first-order valence-corrected chi connectivity index (χ1v) is 12.2. The molecule has 0 saturated carbocycles. The maximum atomic E-state index is 13.3. The van der Waals surface area contributed by atoms with Gasteiger partial charge in [-0.3, -0.25) is 9.59 Å². The van der Waals surface area contributed by atoms with Gasteiger partial charge in [0.2, 0.25) is 5.91 Å². The third-order valence-corrected chi connectivity index (χ3v) is 6.53. The summed E-state index contributed by atoms with van der Waals surface area (Å²) in [4.78, 5) is 28.9. The van der Waals surface area contributed by atoms with Crippen LogP contribution in [0.25, 0.3) is 0 Å². The average Bonchev–Trinajstić information content (AvgIpc) is 3.31. The van der Waals surface area contributed by atoms with Crippen LogP contribution in [0.1, 0.15) is 30.7 Å². The minimum absolute atomic E-state index is 0.0684. The summed E-state index contributed by atoms with van der Waals surface area (Å²) in [6, 6.07) is 9.51. The Balaban J connectivity index is 2.18. The highest BCUT2D eigenvalue weighted by molar-refractivity contribution is 7.09. The Hall–Kier alpha value is -1.96. The molecular weight excluding hydrogens is 471 g/mol. The second kappa shape index (κ2) is 12.9. The molecule has 0 aliphatic heterocycles. The smallest absolute Gasteiger partial charge is 0.256 e. The number of halogens is 2. The van der Waals surface area contributed by atoms with Crippen LogP contribution >= 0.6 is 34.5 Å². The van der Waals surface area contributed by atoms with Crippen LogP contribution in [-0.2, 0) is 22.6 Å². The van der Waals surface area contributed by atoms with Crippen LogP contribution in [-0.4, -0.2) is 59.8 Å². The third kappa shape index (κ3) is 7.29. The summed E-state index contributed by atoms with van der Waals surface area (Å²) in [5.41, 5.74) is 1.02. The molecule has 1 heterocycles. The molecule has 0 bridgehead atoms. The first-order valence-electron chi connectivity index (χ1n) is 10.4. The topological polar surface area (TPSA) is 59.1 Å². The first kappa shape index (κ1) is 26.3. The van der Waals surface area contributed by atoms with Crippen LogP contribution in [0.15, 0.2) is 35.7 Å². The predicted octanol–water partition coefficient (Wildman–Crippen LogP) is 4.77. The Morgan fingerprint density at radius 1 is 1.12 bits per heavy atom. The fourth-order valence-corrected chi connectivity index (χ4v) is 4.20. The van der Waals surface area contributed by atoms with Crippen molar-refractivity contribution in [2.24, 2.45) is 0 Å². The Labute approximate surface area is 204 Å². The molecule has 0 saturated heterocycles. The number of alkyl halides is 2. The van der Waals surface area contributed by atoms with E-state index in [1.54, 1.807) is 30.5 Å². The minimum atomic E-state index is -1.20. The van der Waals surface area contributed by atoms with Gasteiger partial charge in [-0.1, -0.05) is 42.3 Å². The molecular formula is C23H30Cl2N2O4S. The lowest BCUT2D eigenvalue weighted by Crippen LogP contribution is -2.48. The highest BCUT2D eigenvalue weighted by Crippen LogP contribution is 2.28. The Kier molecular flexibility index (Phi) is 10.6. The van der Waals surface area contributed by atoms with Crippen molar-refractivity contribution in [2.45, 2.75) is 44.1 Å². The van der Waals surface area contributed by atoms with E-state index in [2.05, 4.69) is 0 Å². The Morgan fingerprint density at radius 3 is 2.41 bits per heavy atom. The van der Waals surface area contributed by atoms with E-state index in [0.717, 1.165) is 10.4 Å². The summed E-state index contributed by atoms with van der Waals surface area (Å²) in [7, 11) is 3.19. The number of rotatable bonds is 12. The summed E-state index contributed by atoms with van der Waals surface area (Å²) in [5.74, 6) is 0.695. The quantitative estimate of drug-likeness (QED) is 0.394. The van der Waals surface area contributed by atoms with E-state index >= 15 is 0 Å². The zero-order chi connectivity index (χ0) is 23.7. The lowest BCUT2D eigenvalue weighted by molar-refractivity contribution is -0.141. The van der Waals surface area contributed by atoms with Gasteiger partial charge >= 0.3 is 0 Å². The van der Waals surface area contributed by atoms with Crippen molar-refractivity contribution in [2.75, 3.05) is 27.3 Å². The van der Waals surface area contributed by atoms with Crippen molar-refractivity contribution < 1.29 is 19.1 Å². The van der Waals surface area contributed by atoms with Gasteiger partial charge in [0, 0.05) is 17.5 Å². The van der Waals surface area contributed by atoms with E-state index in [4.69, 9.17) is 32.7 Å². The Bertz CT molecular complexity index is 877. The van der Waals surface area contributed by atoms with Crippen LogP contribution in [0.5, 0.6) is 11.5 Å². The molecule has 6 nitrogen and oxygen atoms in total. The molecule has 176 valence electrons. The standard InChI is InChI=1S/C23H30Cl2N2O4S/c1-5-16(2)27(23(29)22(24)25)15-21(28)26(14-18-7-6-12-32-18)11-10-17-8-9-19(30-3)20(13-17)31-4/h6-9,12-13,16,22H,5,10-11,14-15H2,1-4H3. The fourth-order valence-electron chi connectivity index (χ4n) is 3.23. The number of thiophene rings is 1. The number of hydrogen-bond donors (Lipinski definition) is 0. The van der Waals surface area contributed by atoms with E-state index < -0.39 is 10.7 Å². The Morgan fingerprint density at radius 2 is 1.84 bits per heavy atom. The van der Waals surface area contributed by atoms with Crippen molar-refractivity contribution in [1.29, 1.82) is 0 Å². The molecule has 1 aromatic heterocycles. The van der Waals surface area contributed by atoms with Gasteiger partial charge in [-0.05, 0) is 48.9 Å². The molecule has 0 radical (unpaired) electrons. The number of benzene rings is 1. The van der Waals surface area contributed by atoms with E-state index in [1.807, 2.05) is 49.6 Å². The molecule has 0 N–H and O–H groups in total. The summed E-state index contributed by atoms with van der Waals surface area (Å²) >= 11 is 13.2. The third-order valence-electron chi connectivity index (χ3n) is 5.30. The average molecular weight is 501 g/mol. The van der Waals surface area contributed by atoms with E-state index in [1.165, 1.54) is 4.90 Å². The summed E-state index contributed by atoms with van der Waals surface area (Å²) in [6.45, 7) is 4.72. The van der Waals surface area contributed by atoms with Crippen LogP contribution in [0.2, 0.25) is 0 Å². The minimum Gasteiger partial charge on any atom is -0.493 e. The van der Waals surface area contributed by atoms with Gasteiger partial charge in [-0.2, -0.15) is 0 Å². The number of ether oxygens (including phenoxy) is 2. The molecule has 0 spiro atoms. The largest absolute Gasteiger partial charge is 0.493 e. The van der Waals surface area contributed by atoms with Crippen molar-refractivity contribution in [3.05, 3.63) is 46.2 Å². The highest BCUT2D eigenvalue weighted by Gasteiger charge is 2.28. The van der Waals surface area contributed by atoms with Crippen molar-refractivity contribution in [1.82, 2.24) is 9.80 Å². The molecule has 0 fully saturated rings. The van der Waals surface area contributed by atoms with Gasteiger partial charge in [0.1, 0.15) is 6.54 Å². The SMILES string of the molecule is CCC(C)N(CC(=O)N(CCc1ccc(OC)c(OC)c1)Cc1cccs1)C(=O)C(Cl)Cl. The zero-order valence-electron chi connectivity index (χ0n) is 18.8. The summed E-state index contributed by atoms with van der Waals surface area (Å²) in [6.07, 6.45) is 1.32. The zero-order valence-corrected chi connectivity index (χ0v) is 21.2. The molecule has 9 heteroatoms. The number of amides is 2. The second-order valence-corrected chi connectivity index (χ2v) is 9.49. The van der Waals surface area contributed by atoms with E-state index in [-0.39, 0.29) is 18.5 Å². The van der Waals surface area contributed by atoms with E-state index in [0.29, 0.717) is 37.4 Å². The summed E-state index contributed by atoms with van der Waals surface area (Å²) in [5, 5.41) is 1.98. The molecule has 32 heavy (non-hydrogen) atoms. The maximum absolute atomic E-state index is 13.3. The summed E-state index contributed by atoms with van der Waals surface area (Å²) < 4.78 is 10.7. The molecule has 0 aliphatic carbocycles. The van der Waals surface area contributed by atoms with Gasteiger partial charge in [-0.15, -0.1) is 11.3 Å². The van der Waals surface area contributed by atoms with Crippen LogP contribution < -0.4 is 9.47 Å². The van der Waals surface area contributed by atoms with Crippen molar-refractivity contribution in [3.63, 3.8) is 0 Å². The van der Waals surface area contributed by atoms with Crippen LogP contribution in [0, 0.1) is 0 Å². The molecule has 1 unspecified atom stereocenters. The molecule has 1 aromatic carbocycles. The number of carbonyl (C=O) groups is 2. The normalized spacial score (nSPS) is 11.8. The predicted molar refractivity (Wildman–Crippen MR) is 130 cm³/mol. The van der Waals surface area contributed by atoms with Gasteiger partial charge in [-0.25, -0.2) is 0 Å². The maximum Gasteiger partial charge on any atom is 0.256 e. The van der Waals surface area contributed by atoms with Gasteiger partial charge in [0.05, 0.1) is 20.8 Å². The molecule has 1 atom stereocenters. The van der Waals surface area contributed by atoms with Gasteiger partial charge in [0.15, 0.2) is 16.3 Å². The van der Waals surface area contributed by atoms with Crippen molar-refractivity contribution >= 4 is 46.4 Å². The van der Waals surface area contributed by atoms with E-state index in [9.17, 15) is 9.59 Å². The van der Waals surface area contributed by atoms with Crippen LogP contribution in [0.4, 0.5) is 0 Å². The molecule has 0 aliphatic rings. The lowest BCUT2D eigenvalue weighted by Gasteiger charge is -2.31. The lowest BCUT2D eigenvalue weighted by atomic mass is 10.1. The number of hydrogen-bond acceptors (Lipinski definition) is 5. The number of nitrogens with zero attached hydrogens (tertiary/aromatic N) is 2. The first-order chi connectivity index (χ1) is 15.3. The second-order valence-electron chi connectivity index (χ2n) is 7.36. The molecule has 2 aromatic rings. The fraction of sp³-hybridized carbons (Fsp3) is 0.478. The molecule has 2 rings (SSSR count).